The second kappa shape index (κ2) is 6.39. The van der Waals surface area contributed by atoms with Gasteiger partial charge in [0.25, 0.3) is 5.69 Å². The Hall–Kier alpha value is -2.38. The first-order chi connectivity index (χ1) is 10.7. The number of nitro groups is 1. The van der Waals surface area contributed by atoms with E-state index < -0.39 is 29.6 Å². The molecule has 0 aromatic heterocycles. The van der Waals surface area contributed by atoms with Crippen LogP contribution in [-0.4, -0.2) is 25.1 Å². The summed E-state index contributed by atoms with van der Waals surface area (Å²) in [5.41, 5.74) is -1.62. The van der Waals surface area contributed by atoms with Crippen molar-refractivity contribution in [1.82, 2.24) is 0 Å². The van der Waals surface area contributed by atoms with Gasteiger partial charge in [-0.2, -0.15) is 14.7 Å². The van der Waals surface area contributed by atoms with Crippen molar-refractivity contribution in [3.8, 4) is 11.5 Å². The van der Waals surface area contributed by atoms with E-state index in [1.165, 1.54) is 0 Å². The summed E-state index contributed by atoms with van der Waals surface area (Å²) in [5, 5.41) is 10.8. The highest BCUT2D eigenvalue weighted by atomic mass is 31.2. The zero-order chi connectivity index (χ0) is 17.2. The summed E-state index contributed by atoms with van der Waals surface area (Å²) >= 11 is 0. The maximum Gasteiger partial charge on any atom is 0.484 e. The SMILES string of the molecule is Cc1ccccc1Oc1ccc([N+](=O)[O-])cc1C(=O)[P+](O)(O)O. The van der Waals surface area contributed by atoms with Gasteiger partial charge in [0, 0.05) is 12.1 Å². The van der Waals surface area contributed by atoms with Crippen molar-refractivity contribution >= 4 is 19.2 Å². The number of nitro benzene ring substituents is 1. The zero-order valence-electron chi connectivity index (χ0n) is 11.9. The number of hydrogen-bond donors (Lipinski definition) is 3. The number of ether oxygens (including phenoxy) is 1. The van der Waals surface area contributed by atoms with Crippen LogP contribution in [0.4, 0.5) is 5.69 Å². The van der Waals surface area contributed by atoms with Crippen molar-refractivity contribution in [3.05, 3.63) is 63.7 Å². The molecule has 0 atom stereocenters. The summed E-state index contributed by atoms with van der Waals surface area (Å²) in [4.78, 5) is 49.5. The Kier molecular flexibility index (Phi) is 4.72. The number of hydrogen-bond acceptors (Lipinski definition) is 7. The van der Waals surface area contributed by atoms with Crippen molar-refractivity contribution in [2.24, 2.45) is 0 Å². The molecule has 0 saturated carbocycles. The smallest absolute Gasteiger partial charge is 0.456 e. The van der Waals surface area contributed by atoms with Gasteiger partial charge in [0.05, 0.1) is 4.92 Å². The van der Waals surface area contributed by atoms with Gasteiger partial charge in [0.1, 0.15) is 17.1 Å². The van der Waals surface area contributed by atoms with Crippen LogP contribution in [0, 0.1) is 17.0 Å². The lowest BCUT2D eigenvalue weighted by atomic mass is 10.2. The molecule has 2 aromatic rings. The normalized spacial score (nSPS) is 11.1. The predicted molar refractivity (Wildman–Crippen MR) is 82.3 cm³/mol. The highest BCUT2D eigenvalue weighted by Crippen LogP contribution is 2.50. The van der Waals surface area contributed by atoms with Crippen LogP contribution in [0.15, 0.2) is 42.5 Å². The van der Waals surface area contributed by atoms with Crippen molar-refractivity contribution < 1.29 is 29.1 Å². The van der Waals surface area contributed by atoms with E-state index in [-0.39, 0.29) is 5.75 Å². The topological polar surface area (TPSA) is 130 Å². The quantitative estimate of drug-likeness (QED) is 0.434. The number of carbonyl (C=O) groups is 1. The molecule has 0 fully saturated rings. The number of nitrogens with zero attached hydrogens (tertiary/aromatic N) is 1. The molecule has 23 heavy (non-hydrogen) atoms. The van der Waals surface area contributed by atoms with Crippen LogP contribution >= 0.6 is 7.94 Å². The summed E-state index contributed by atoms with van der Waals surface area (Å²) < 4.78 is 5.53. The summed E-state index contributed by atoms with van der Waals surface area (Å²) in [6.07, 6.45) is 0. The molecule has 2 aromatic carbocycles. The van der Waals surface area contributed by atoms with E-state index in [1.54, 1.807) is 31.2 Å². The summed E-state index contributed by atoms with van der Waals surface area (Å²) in [7, 11) is -4.86. The molecule has 0 bridgehead atoms. The first kappa shape index (κ1) is 17.0. The second-order valence-corrected chi connectivity index (χ2v) is 6.22. The summed E-state index contributed by atoms with van der Waals surface area (Å²) in [5.74, 6) is 0.254. The van der Waals surface area contributed by atoms with Gasteiger partial charge >= 0.3 is 13.5 Å². The summed E-state index contributed by atoms with van der Waals surface area (Å²) in [6.45, 7) is 1.75. The molecule has 8 nitrogen and oxygen atoms in total. The van der Waals surface area contributed by atoms with E-state index in [1.807, 2.05) is 0 Å². The zero-order valence-corrected chi connectivity index (χ0v) is 12.8. The number of aryl methyl sites for hydroxylation is 1. The van der Waals surface area contributed by atoms with Crippen molar-refractivity contribution in [1.29, 1.82) is 0 Å². The van der Waals surface area contributed by atoms with Crippen molar-refractivity contribution in [2.75, 3.05) is 0 Å². The molecule has 0 unspecified atom stereocenters. The molecule has 3 N–H and O–H groups in total. The molecule has 0 aliphatic rings. The van der Waals surface area contributed by atoms with Crippen molar-refractivity contribution in [2.45, 2.75) is 6.92 Å². The molecule has 0 aliphatic carbocycles. The minimum absolute atomic E-state index is 0.128. The van der Waals surface area contributed by atoms with Crippen LogP contribution in [0.5, 0.6) is 11.5 Å². The van der Waals surface area contributed by atoms with Gasteiger partial charge in [0.15, 0.2) is 0 Å². The molecule has 0 spiro atoms. The Morgan fingerprint density at radius 3 is 2.35 bits per heavy atom. The Morgan fingerprint density at radius 2 is 1.78 bits per heavy atom. The summed E-state index contributed by atoms with van der Waals surface area (Å²) in [6, 6.07) is 9.93. The lowest BCUT2D eigenvalue weighted by Crippen LogP contribution is -2.08. The van der Waals surface area contributed by atoms with Gasteiger partial charge in [-0.15, -0.1) is 0 Å². The van der Waals surface area contributed by atoms with Gasteiger partial charge in [-0.25, -0.2) is 4.79 Å². The molecule has 2 rings (SSSR count). The van der Waals surface area contributed by atoms with Crippen LogP contribution in [0.2, 0.25) is 0 Å². The van der Waals surface area contributed by atoms with Gasteiger partial charge in [-0.1, -0.05) is 18.2 Å². The molecule has 0 aliphatic heterocycles. The molecule has 0 radical (unpaired) electrons. The van der Waals surface area contributed by atoms with Gasteiger partial charge in [-0.3, -0.25) is 10.1 Å². The molecule has 0 saturated heterocycles. The lowest BCUT2D eigenvalue weighted by molar-refractivity contribution is -0.384. The first-order valence-corrected chi connectivity index (χ1v) is 7.99. The average molecular weight is 338 g/mol. The van der Waals surface area contributed by atoms with E-state index in [9.17, 15) is 14.9 Å². The highest BCUT2D eigenvalue weighted by Gasteiger charge is 2.45. The average Bonchev–Trinajstić information content (AvgIpc) is 2.48. The number of rotatable bonds is 5. The first-order valence-electron chi connectivity index (χ1n) is 6.34. The fourth-order valence-corrected chi connectivity index (χ4v) is 2.34. The van der Waals surface area contributed by atoms with Crippen LogP contribution < -0.4 is 4.74 Å². The van der Waals surface area contributed by atoms with E-state index >= 15 is 0 Å². The van der Waals surface area contributed by atoms with E-state index in [0.29, 0.717) is 5.75 Å². The van der Waals surface area contributed by atoms with Crippen LogP contribution in [0.1, 0.15) is 15.9 Å². The molecule has 0 amide bonds. The second-order valence-electron chi connectivity index (χ2n) is 4.68. The number of carbonyl (C=O) groups excluding carboxylic acids is 1. The number of benzene rings is 2. The number of non-ortho nitro benzene ring substituents is 1. The fraction of sp³-hybridized carbons (Fsp3) is 0.0714. The van der Waals surface area contributed by atoms with Crippen LogP contribution in [0.25, 0.3) is 0 Å². The Morgan fingerprint density at radius 1 is 1.13 bits per heavy atom. The molecule has 0 heterocycles. The molecular formula is C14H13NO7P+. The van der Waals surface area contributed by atoms with Gasteiger partial charge < -0.3 is 4.74 Å². The minimum Gasteiger partial charge on any atom is -0.456 e. The predicted octanol–water partition coefficient (Wildman–Crippen LogP) is 2.58. The maximum absolute atomic E-state index is 11.9. The third kappa shape index (κ3) is 3.88. The highest BCUT2D eigenvalue weighted by molar-refractivity contribution is 7.76. The van der Waals surface area contributed by atoms with Gasteiger partial charge in [-0.05, 0) is 24.6 Å². The Bertz CT molecular complexity index is 770. The number of para-hydroxylation sites is 1. The van der Waals surface area contributed by atoms with E-state index in [0.717, 1.165) is 23.8 Å². The largest absolute Gasteiger partial charge is 0.484 e. The van der Waals surface area contributed by atoms with Gasteiger partial charge in [0.2, 0.25) is 0 Å². The van der Waals surface area contributed by atoms with Crippen molar-refractivity contribution in [3.63, 3.8) is 0 Å². The van der Waals surface area contributed by atoms with E-state index in [4.69, 9.17) is 19.4 Å². The third-order valence-electron chi connectivity index (χ3n) is 2.99. The minimum atomic E-state index is -4.86. The Labute approximate surface area is 131 Å². The molecule has 9 heteroatoms. The van der Waals surface area contributed by atoms with E-state index in [2.05, 4.69) is 0 Å². The monoisotopic (exact) mass is 338 g/mol. The molecular weight excluding hydrogens is 325 g/mol. The van der Waals surface area contributed by atoms with Crippen LogP contribution in [-0.2, 0) is 0 Å². The maximum atomic E-state index is 11.9. The third-order valence-corrected chi connectivity index (χ3v) is 3.78. The lowest BCUT2D eigenvalue weighted by Gasteiger charge is -2.11. The Balaban J connectivity index is 2.52. The fourth-order valence-electron chi connectivity index (χ4n) is 1.84. The van der Waals surface area contributed by atoms with Crippen LogP contribution in [0.3, 0.4) is 0 Å². The standard InChI is InChI=1S/C14H13NO7P/c1-9-4-2-3-5-12(9)22-13-7-6-10(15(17)18)8-11(13)14(16)23(19,20)21/h2-8,19-21H,1H3/q+1. The molecule has 120 valence electrons.